The van der Waals surface area contributed by atoms with Gasteiger partial charge in [0.05, 0.1) is 33.5 Å². The fourth-order valence-corrected chi connectivity index (χ4v) is 6.52. The number of rotatable bonds is 7. The van der Waals surface area contributed by atoms with Crippen LogP contribution in [-0.4, -0.2) is 10.5 Å². The number of amides is 1. The molecule has 0 spiro atoms. The minimum atomic E-state index is -0.839. The first-order valence-electron chi connectivity index (χ1n) is 13.9. The van der Waals surface area contributed by atoms with Gasteiger partial charge in [-0.05, 0) is 67.1 Å². The number of thiazole rings is 1. The Morgan fingerprint density at radius 1 is 1.09 bits per heavy atom. The van der Waals surface area contributed by atoms with E-state index in [0.29, 0.717) is 43.2 Å². The van der Waals surface area contributed by atoms with Crippen LogP contribution in [0.2, 0.25) is 0 Å². The van der Waals surface area contributed by atoms with Gasteiger partial charge in [-0.3, -0.25) is 14.2 Å². The molecule has 10 heteroatoms. The molecule has 7 nitrogen and oxygen atoms in total. The summed E-state index contributed by atoms with van der Waals surface area (Å²) >= 11 is 4.70. The molecular formula is C35H24BrFN4O3S. The lowest BCUT2D eigenvalue weighted by atomic mass is 9.95. The molecule has 0 fully saturated rings. The number of hydrogen-bond acceptors (Lipinski definition) is 6. The second-order valence-corrected chi connectivity index (χ2v) is 12.1. The summed E-state index contributed by atoms with van der Waals surface area (Å²) in [7, 11) is 0. The summed E-state index contributed by atoms with van der Waals surface area (Å²) < 4.78 is 22.7. The quantitative estimate of drug-likeness (QED) is 0.221. The molecule has 45 heavy (non-hydrogen) atoms. The molecule has 0 radical (unpaired) electrons. The van der Waals surface area contributed by atoms with Gasteiger partial charge in [0.15, 0.2) is 4.80 Å². The third-order valence-corrected chi connectivity index (χ3v) is 8.74. The average Bonchev–Trinajstić information content (AvgIpc) is 3.34. The van der Waals surface area contributed by atoms with Crippen LogP contribution < -0.4 is 24.9 Å². The van der Waals surface area contributed by atoms with E-state index in [2.05, 4.69) is 32.3 Å². The zero-order chi connectivity index (χ0) is 31.5. The molecule has 0 bridgehead atoms. The van der Waals surface area contributed by atoms with E-state index in [1.165, 1.54) is 28.0 Å². The van der Waals surface area contributed by atoms with Crippen molar-refractivity contribution in [1.29, 1.82) is 5.26 Å². The summed E-state index contributed by atoms with van der Waals surface area (Å²) in [6.45, 7) is 1.89. The van der Waals surface area contributed by atoms with Gasteiger partial charge in [-0.25, -0.2) is 9.38 Å². The molecule has 0 saturated carbocycles. The number of nitrogens with one attached hydrogen (secondary N) is 1. The van der Waals surface area contributed by atoms with Crippen molar-refractivity contribution in [1.82, 2.24) is 4.57 Å². The Hall–Kier alpha value is -5.11. The number of ether oxygens (including phenoxy) is 1. The smallest absolute Gasteiger partial charge is 0.271 e. The van der Waals surface area contributed by atoms with E-state index in [0.717, 1.165) is 10.0 Å². The second kappa shape index (κ2) is 12.9. The first-order valence-corrected chi connectivity index (χ1v) is 15.5. The van der Waals surface area contributed by atoms with Crippen molar-refractivity contribution >= 4 is 44.9 Å². The zero-order valence-corrected chi connectivity index (χ0v) is 26.2. The van der Waals surface area contributed by atoms with Crippen LogP contribution in [0.15, 0.2) is 123 Å². The van der Waals surface area contributed by atoms with E-state index in [-0.39, 0.29) is 17.7 Å². The molecule has 1 N–H and O–H groups in total. The number of aromatic nitrogens is 1. The highest BCUT2D eigenvalue weighted by Gasteiger charge is 2.32. The fraction of sp³-hybridized carbons (Fsp3) is 0.0857. The van der Waals surface area contributed by atoms with Crippen molar-refractivity contribution < 1.29 is 13.9 Å². The third-order valence-electron chi connectivity index (χ3n) is 7.26. The molecule has 222 valence electrons. The minimum absolute atomic E-state index is 0.164. The number of nitrogens with zero attached hydrogens (tertiary/aromatic N) is 3. The number of para-hydroxylation sites is 1. The number of benzene rings is 4. The van der Waals surface area contributed by atoms with Crippen LogP contribution in [0.5, 0.6) is 5.75 Å². The van der Waals surface area contributed by atoms with Gasteiger partial charge in [0, 0.05) is 21.3 Å². The summed E-state index contributed by atoms with van der Waals surface area (Å²) in [5, 5.41) is 12.4. The maximum Gasteiger partial charge on any atom is 0.271 e. The summed E-state index contributed by atoms with van der Waals surface area (Å²) in [5.41, 5.74) is 3.45. The Labute approximate surface area is 270 Å². The van der Waals surface area contributed by atoms with Crippen LogP contribution in [0.4, 0.5) is 10.1 Å². The zero-order valence-electron chi connectivity index (χ0n) is 23.8. The molecule has 1 aliphatic rings. The average molecular weight is 680 g/mol. The van der Waals surface area contributed by atoms with Crippen molar-refractivity contribution in [2.24, 2.45) is 4.99 Å². The van der Waals surface area contributed by atoms with Crippen LogP contribution in [-0.2, 0) is 11.4 Å². The minimum Gasteiger partial charge on any atom is -0.488 e. The Kier molecular flexibility index (Phi) is 8.56. The first-order chi connectivity index (χ1) is 21.8. The first kappa shape index (κ1) is 29.9. The van der Waals surface area contributed by atoms with Crippen molar-refractivity contribution in [3.63, 3.8) is 0 Å². The highest BCUT2D eigenvalue weighted by Crippen LogP contribution is 2.31. The Bertz CT molecular complexity index is 2190. The number of halogens is 2. The van der Waals surface area contributed by atoms with Crippen molar-refractivity contribution in [3.05, 3.63) is 161 Å². The van der Waals surface area contributed by atoms with Crippen LogP contribution in [0.3, 0.4) is 0 Å². The molecule has 1 aliphatic heterocycles. The van der Waals surface area contributed by atoms with Crippen LogP contribution in [0, 0.1) is 17.1 Å². The van der Waals surface area contributed by atoms with E-state index < -0.39 is 17.8 Å². The van der Waals surface area contributed by atoms with E-state index in [4.69, 9.17) is 4.74 Å². The predicted molar refractivity (Wildman–Crippen MR) is 175 cm³/mol. The topological polar surface area (TPSA) is 96.5 Å². The molecule has 1 aromatic heterocycles. The molecule has 0 aliphatic carbocycles. The van der Waals surface area contributed by atoms with Gasteiger partial charge in [0.25, 0.3) is 11.5 Å². The highest BCUT2D eigenvalue weighted by molar-refractivity contribution is 9.10. The second-order valence-electron chi connectivity index (χ2n) is 10.2. The Morgan fingerprint density at radius 2 is 1.82 bits per heavy atom. The molecule has 2 heterocycles. The summed E-state index contributed by atoms with van der Waals surface area (Å²) in [4.78, 5) is 32.9. The van der Waals surface area contributed by atoms with Gasteiger partial charge in [0.1, 0.15) is 18.2 Å². The Balaban J connectivity index is 1.44. The lowest BCUT2D eigenvalue weighted by molar-refractivity contribution is -0.113. The largest absolute Gasteiger partial charge is 0.488 e. The number of allylic oxidation sites excluding steroid dienone is 1. The SMILES string of the molecule is CC1=C(C(=O)Nc2ccccc2)[C@H](c2ccc(F)cc2)n2c(s/c(=C\c3cc(Br)ccc3OCc3ccccc3C#N)c2=O)=N1. The molecule has 5 aromatic rings. The maximum absolute atomic E-state index is 14.1. The standard InChI is InChI=1S/C35H24BrFN4O3S/c1-21-31(33(42)40-28-9-3-2-4-10-28)32(22-11-14-27(37)15-12-22)41-34(43)30(45-35(41)39-21)18-25-17-26(36)13-16-29(25)44-20-24-8-6-5-7-23(24)19-38/h2-18,32H,20H2,1H3,(H,40,42)/b30-18-/t32-/m0/s1. The number of carbonyl (C=O) groups excluding carboxylic acids is 1. The van der Waals surface area contributed by atoms with Crippen LogP contribution in [0.1, 0.15) is 35.2 Å². The lowest BCUT2D eigenvalue weighted by Crippen LogP contribution is -2.40. The van der Waals surface area contributed by atoms with Gasteiger partial charge in [0.2, 0.25) is 0 Å². The molecule has 0 saturated heterocycles. The van der Waals surface area contributed by atoms with E-state index in [1.54, 1.807) is 55.5 Å². The van der Waals surface area contributed by atoms with E-state index >= 15 is 0 Å². The van der Waals surface area contributed by atoms with E-state index in [1.807, 2.05) is 42.5 Å². The Morgan fingerprint density at radius 3 is 2.58 bits per heavy atom. The number of anilines is 1. The van der Waals surface area contributed by atoms with Crippen molar-refractivity contribution in [2.75, 3.05) is 5.32 Å². The normalized spacial score (nSPS) is 14.4. The van der Waals surface area contributed by atoms with Crippen LogP contribution >= 0.6 is 27.3 Å². The number of hydrogen-bond donors (Lipinski definition) is 1. The number of carbonyl (C=O) groups is 1. The summed E-state index contributed by atoms with van der Waals surface area (Å²) in [5.74, 6) is -0.320. The summed E-state index contributed by atoms with van der Waals surface area (Å²) in [6.07, 6.45) is 1.73. The van der Waals surface area contributed by atoms with Crippen molar-refractivity contribution in [3.8, 4) is 11.8 Å². The van der Waals surface area contributed by atoms with Gasteiger partial charge >= 0.3 is 0 Å². The lowest BCUT2D eigenvalue weighted by Gasteiger charge is -2.25. The molecule has 0 unspecified atom stereocenters. The number of nitriles is 1. The van der Waals surface area contributed by atoms with Crippen molar-refractivity contribution in [2.45, 2.75) is 19.6 Å². The monoisotopic (exact) mass is 678 g/mol. The molecule has 4 aromatic carbocycles. The maximum atomic E-state index is 14.1. The molecule has 1 atom stereocenters. The van der Waals surface area contributed by atoms with E-state index in [9.17, 15) is 19.2 Å². The van der Waals surface area contributed by atoms with Gasteiger partial charge < -0.3 is 10.1 Å². The molecule has 6 rings (SSSR count). The third kappa shape index (κ3) is 6.27. The predicted octanol–water partition coefficient (Wildman–Crippen LogP) is 6.23. The van der Waals surface area contributed by atoms with Gasteiger partial charge in [-0.1, -0.05) is 75.8 Å². The summed E-state index contributed by atoms with van der Waals surface area (Å²) in [6, 6.07) is 28.8. The van der Waals surface area contributed by atoms with Crippen LogP contribution in [0.25, 0.3) is 6.08 Å². The highest BCUT2D eigenvalue weighted by atomic mass is 79.9. The fourth-order valence-electron chi connectivity index (χ4n) is 5.11. The molecular weight excluding hydrogens is 655 g/mol. The van der Waals surface area contributed by atoms with Gasteiger partial charge in [-0.2, -0.15) is 5.26 Å². The van der Waals surface area contributed by atoms with Gasteiger partial charge in [-0.15, -0.1) is 0 Å². The number of fused-ring (bicyclic) bond motifs is 1. The molecule has 1 amide bonds.